The molecule has 2 saturated heterocycles. The molecule has 2 aliphatic rings. The molecule has 2 aliphatic heterocycles. The van der Waals surface area contributed by atoms with Crippen LogP contribution in [0, 0.1) is 0 Å². The summed E-state index contributed by atoms with van der Waals surface area (Å²) in [5, 5.41) is 8.81. The number of aromatic nitrogens is 2. The lowest BCUT2D eigenvalue weighted by atomic mass is 10.0. The van der Waals surface area contributed by atoms with Gasteiger partial charge in [0.25, 0.3) is 0 Å². The minimum atomic E-state index is -0.288. The number of hydroxylamine groups is 1. The van der Waals surface area contributed by atoms with E-state index in [9.17, 15) is 4.79 Å². The number of benzene rings is 2. The Hall–Kier alpha value is -3.86. The van der Waals surface area contributed by atoms with E-state index in [4.69, 9.17) is 21.2 Å². The van der Waals surface area contributed by atoms with Crippen LogP contribution in [-0.2, 0) is 9.63 Å². The topological polar surface area (TPSA) is 95.1 Å². The number of amides is 1. The number of anilines is 5. The molecule has 2 N–H and O–H groups in total. The largest absolute Gasteiger partial charge is 0.494 e. The van der Waals surface area contributed by atoms with E-state index in [2.05, 4.69) is 51.1 Å². The Balaban J connectivity index is 1.43. The van der Waals surface area contributed by atoms with E-state index in [0.29, 0.717) is 46.4 Å². The number of carbonyl (C=O) groups is 1. The minimum Gasteiger partial charge on any atom is -0.494 e. The molecule has 3 heterocycles. The Labute approximate surface area is 239 Å². The lowest BCUT2D eigenvalue weighted by Crippen LogP contribution is -2.31. The number of likely N-dealkylation sites (N-methyl/N-ethyl adjacent to an activating group) is 1. The van der Waals surface area contributed by atoms with Crippen molar-refractivity contribution in [1.82, 2.24) is 14.9 Å². The van der Waals surface area contributed by atoms with Gasteiger partial charge in [0.15, 0.2) is 5.82 Å². The Morgan fingerprint density at radius 3 is 2.67 bits per heavy atom. The molecule has 0 bridgehead atoms. The van der Waals surface area contributed by atoms with Crippen LogP contribution in [0.5, 0.6) is 5.75 Å². The van der Waals surface area contributed by atoms with E-state index in [1.54, 1.807) is 12.2 Å². The van der Waals surface area contributed by atoms with Gasteiger partial charge in [-0.3, -0.25) is 9.63 Å². The number of halogens is 1. The van der Waals surface area contributed by atoms with Gasteiger partial charge in [-0.05, 0) is 50.4 Å². The van der Waals surface area contributed by atoms with Crippen molar-refractivity contribution in [3.63, 3.8) is 0 Å². The molecule has 0 unspecified atom stereocenters. The maximum atomic E-state index is 12.3. The summed E-state index contributed by atoms with van der Waals surface area (Å²) in [4.78, 5) is 31.7. The van der Waals surface area contributed by atoms with Gasteiger partial charge in [-0.15, -0.1) is 0 Å². The van der Waals surface area contributed by atoms with Crippen molar-refractivity contribution in [2.45, 2.75) is 24.9 Å². The predicted molar refractivity (Wildman–Crippen MR) is 159 cm³/mol. The number of carbonyl (C=O) groups excluding carboxylic acids is 1. The van der Waals surface area contributed by atoms with Crippen LogP contribution in [0.4, 0.5) is 28.7 Å². The first kappa shape index (κ1) is 27.7. The van der Waals surface area contributed by atoms with Crippen molar-refractivity contribution >= 4 is 46.2 Å². The van der Waals surface area contributed by atoms with E-state index >= 15 is 0 Å². The Kier molecular flexibility index (Phi) is 8.39. The monoisotopic (exact) mass is 563 g/mol. The normalized spacial score (nSPS) is 18.7. The second-order valence-electron chi connectivity index (χ2n) is 10.0. The molecular formula is C29H34ClN7O3. The fourth-order valence-corrected chi connectivity index (χ4v) is 5.25. The highest BCUT2D eigenvalue weighted by Crippen LogP contribution is 2.40. The molecule has 0 radical (unpaired) electrons. The van der Waals surface area contributed by atoms with Crippen LogP contribution in [-0.4, -0.2) is 67.7 Å². The van der Waals surface area contributed by atoms with Gasteiger partial charge in [0.2, 0.25) is 5.91 Å². The SMILES string of the molecule is C=CC(=O)Nc1cc(Nc2cc(N3OCC[C@@H]3c3ccc(Cl)cc3)ncn2)c(OC)cc1N1CC[C@@H](N(C)C)C1. The second kappa shape index (κ2) is 12.1. The van der Waals surface area contributed by atoms with Gasteiger partial charge in [-0.1, -0.05) is 30.3 Å². The zero-order chi connectivity index (χ0) is 28.2. The number of nitrogens with one attached hydrogen (secondary N) is 2. The zero-order valence-corrected chi connectivity index (χ0v) is 23.7. The molecule has 5 rings (SSSR count). The maximum Gasteiger partial charge on any atom is 0.247 e. The molecule has 10 nitrogen and oxygen atoms in total. The number of rotatable bonds is 9. The summed E-state index contributed by atoms with van der Waals surface area (Å²) < 4.78 is 5.77. The Morgan fingerprint density at radius 1 is 1.18 bits per heavy atom. The number of hydrogen-bond donors (Lipinski definition) is 2. The maximum absolute atomic E-state index is 12.3. The van der Waals surface area contributed by atoms with E-state index in [1.165, 1.54) is 12.4 Å². The van der Waals surface area contributed by atoms with Crippen molar-refractivity contribution in [2.24, 2.45) is 0 Å². The van der Waals surface area contributed by atoms with Crippen LogP contribution in [0.25, 0.3) is 0 Å². The van der Waals surface area contributed by atoms with Gasteiger partial charge >= 0.3 is 0 Å². The number of hydrogen-bond acceptors (Lipinski definition) is 9. The second-order valence-corrected chi connectivity index (χ2v) is 10.5. The summed E-state index contributed by atoms with van der Waals surface area (Å²) in [7, 11) is 5.80. The molecule has 1 amide bonds. The molecular weight excluding hydrogens is 530 g/mol. The third kappa shape index (κ3) is 5.99. The van der Waals surface area contributed by atoms with Crippen molar-refractivity contribution in [1.29, 1.82) is 0 Å². The quantitative estimate of drug-likeness (QED) is 0.347. The summed E-state index contributed by atoms with van der Waals surface area (Å²) in [5.41, 5.74) is 3.29. The Morgan fingerprint density at radius 2 is 1.98 bits per heavy atom. The first-order valence-electron chi connectivity index (χ1n) is 13.2. The van der Waals surface area contributed by atoms with Gasteiger partial charge in [-0.2, -0.15) is 0 Å². The summed E-state index contributed by atoms with van der Waals surface area (Å²) in [5.74, 6) is 1.51. The highest BCUT2D eigenvalue weighted by atomic mass is 35.5. The third-order valence-electron chi connectivity index (χ3n) is 7.30. The summed E-state index contributed by atoms with van der Waals surface area (Å²) in [6.07, 6.45) is 4.60. The summed E-state index contributed by atoms with van der Waals surface area (Å²) in [6.45, 7) is 5.90. The average molecular weight is 564 g/mol. The fraction of sp³-hybridized carbons (Fsp3) is 0.345. The van der Waals surface area contributed by atoms with Crippen molar-refractivity contribution in [3.8, 4) is 5.75 Å². The first-order chi connectivity index (χ1) is 19.4. The molecule has 210 valence electrons. The van der Waals surface area contributed by atoms with Crippen molar-refractivity contribution < 1.29 is 14.4 Å². The highest BCUT2D eigenvalue weighted by Gasteiger charge is 2.30. The van der Waals surface area contributed by atoms with Crippen molar-refractivity contribution in [3.05, 3.63) is 72.0 Å². The predicted octanol–water partition coefficient (Wildman–Crippen LogP) is 5.03. The molecule has 0 spiro atoms. The van der Waals surface area contributed by atoms with Gasteiger partial charge in [0.1, 0.15) is 17.9 Å². The van der Waals surface area contributed by atoms with E-state index in [0.717, 1.165) is 37.2 Å². The summed E-state index contributed by atoms with van der Waals surface area (Å²) >= 11 is 6.09. The number of methoxy groups -OCH3 is 1. The van der Waals surface area contributed by atoms with Crippen LogP contribution < -0.4 is 25.3 Å². The molecule has 2 aromatic carbocycles. The molecule has 2 atom stereocenters. The standard InChI is InChI=1S/C29H34ClN7O3/c1-5-29(38)34-22-14-23(26(39-4)15-25(22)36-12-10-21(17-36)35(2)3)33-27-16-28(32-18-31-27)37-24(11-13-40-37)19-6-8-20(30)9-7-19/h5-9,14-16,18,21,24H,1,10-13,17H2,2-4H3,(H,34,38)(H,31,32,33)/t21-,24-/m1/s1. The molecule has 2 fully saturated rings. The molecule has 40 heavy (non-hydrogen) atoms. The van der Waals surface area contributed by atoms with Crippen LogP contribution >= 0.6 is 11.6 Å². The molecule has 1 aromatic heterocycles. The van der Waals surface area contributed by atoms with Crippen LogP contribution in [0.3, 0.4) is 0 Å². The van der Waals surface area contributed by atoms with Crippen LogP contribution in [0.15, 0.2) is 61.4 Å². The van der Waals surface area contributed by atoms with Gasteiger partial charge in [-0.25, -0.2) is 15.0 Å². The summed E-state index contributed by atoms with van der Waals surface area (Å²) in [6, 6.07) is 13.8. The number of nitrogens with zero attached hydrogens (tertiary/aromatic N) is 5. The lowest BCUT2D eigenvalue weighted by molar-refractivity contribution is -0.111. The number of ether oxygens (including phenoxy) is 1. The van der Waals surface area contributed by atoms with E-state index in [1.807, 2.05) is 42.5 Å². The van der Waals surface area contributed by atoms with Crippen molar-refractivity contribution in [2.75, 3.05) is 61.5 Å². The van der Waals surface area contributed by atoms with E-state index in [-0.39, 0.29) is 11.9 Å². The van der Waals surface area contributed by atoms with Gasteiger partial charge < -0.3 is 25.2 Å². The third-order valence-corrected chi connectivity index (χ3v) is 7.55. The molecule has 3 aromatic rings. The highest BCUT2D eigenvalue weighted by molar-refractivity contribution is 6.30. The zero-order valence-electron chi connectivity index (χ0n) is 22.9. The first-order valence-corrected chi connectivity index (χ1v) is 13.6. The fourth-order valence-electron chi connectivity index (χ4n) is 5.12. The van der Waals surface area contributed by atoms with Crippen LogP contribution in [0.2, 0.25) is 5.02 Å². The minimum absolute atomic E-state index is 0.000933. The van der Waals surface area contributed by atoms with Gasteiger partial charge in [0, 0.05) is 42.7 Å². The lowest BCUT2D eigenvalue weighted by Gasteiger charge is -2.26. The van der Waals surface area contributed by atoms with E-state index < -0.39 is 0 Å². The molecule has 0 saturated carbocycles. The Bertz CT molecular complexity index is 1370. The van der Waals surface area contributed by atoms with Gasteiger partial charge in [0.05, 0.1) is 36.8 Å². The van der Waals surface area contributed by atoms with Crippen LogP contribution in [0.1, 0.15) is 24.4 Å². The smallest absolute Gasteiger partial charge is 0.247 e. The molecule has 11 heteroatoms. The molecule has 0 aliphatic carbocycles. The average Bonchev–Trinajstić information content (AvgIpc) is 3.65.